The molecule has 0 saturated carbocycles. The molecule has 0 aromatic heterocycles. The van der Waals surface area contributed by atoms with Gasteiger partial charge in [-0.25, -0.2) is 0 Å². The van der Waals surface area contributed by atoms with Crippen LogP contribution in [0, 0.1) is 0 Å². The van der Waals surface area contributed by atoms with E-state index in [0.29, 0.717) is 6.20 Å². The lowest BCUT2D eigenvalue weighted by Gasteiger charge is -2.07. The predicted molar refractivity (Wildman–Crippen MR) is 55.3 cm³/mol. The molecule has 0 aliphatic heterocycles. The van der Waals surface area contributed by atoms with E-state index in [4.69, 9.17) is 0 Å². The Morgan fingerprint density at radius 3 is 1.95 bits per heavy atom. The molecule has 2 nitrogen and oxygen atoms in total. The van der Waals surface area contributed by atoms with Crippen molar-refractivity contribution in [2.45, 2.75) is 12.4 Å². The van der Waals surface area contributed by atoms with Gasteiger partial charge in [0.15, 0.2) is 0 Å². The van der Waals surface area contributed by atoms with Crippen molar-refractivity contribution in [3.8, 4) is 0 Å². The van der Waals surface area contributed by atoms with E-state index in [2.05, 4.69) is 5.32 Å². The average molecular weight is 283 g/mol. The maximum Gasteiger partial charge on any atom is 0.454 e. The van der Waals surface area contributed by atoms with Crippen LogP contribution >= 0.6 is 0 Å². The van der Waals surface area contributed by atoms with Crippen molar-refractivity contribution in [2.75, 3.05) is 5.32 Å². The van der Waals surface area contributed by atoms with Crippen molar-refractivity contribution in [2.24, 2.45) is 0 Å². The summed E-state index contributed by atoms with van der Waals surface area (Å²) in [6.45, 7) is 0. The minimum atomic E-state index is -4.97. The molecule has 0 amide bonds. The van der Waals surface area contributed by atoms with Gasteiger partial charge in [0.1, 0.15) is 0 Å². The number of alkyl halides is 6. The van der Waals surface area contributed by atoms with Crippen LogP contribution in [0.1, 0.15) is 5.56 Å². The van der Waals surface area contributed by atoms with Crippen LogP contribution in [0.5, 0.6) is 0 Å². The number of nitrogens with one attached hydrogen (secondary N) is 1. The van der Waals surface area contributed by atoms with Crippen LogP contribution in [0.2, 0.25) is 0 Å². The zero-order valence-electron chi connectivity index (χ0n) is 9.14. The normalized spacial score (nSPS) is 12.7. The third-order valence-corrected chi connectivity index (χ3v) is 1.98. The number of carbonyl (C=O) groups is 1. The number of allylic oxidation sites excluding steroid dienone is 1. The first-order chi connectivity index (χ1) is 8.60. The molecule has 0 radical (unpaired) electrons. The second-order valence-corrected chi connectivity index (χ2v) is 3.41. The second-order valence-electron chi connectivity index (χ2n) is 3.41. The van der Waals surface area contributed by atoms with Gasteiger partial charge in [-0.15, -0.1) is 0 Å². The summed E-state index contributed by atoms with van der Waals surface area (Å²) < 4.78 is 72.0. The van der Waals surface area contributed by atoms with Crippen molar-refractivity contribution in [3.05, 3.63) is 42.1 Å². The zero-order valence-corrected chi connectivity index (χ0v) is 9.14. The molecule has 1 N–H and O–H groups in total. The Kier molecular flexibility index (Phi) is 4.23. The summed E-state index contributed by atoms with van der Waals surface area (Å²) in [5.74, 6) is -2.06. The van der Waals surface area contributed by atoms with Crippen LogP contribution in [-0.4, -0.2) is 12.0 Å². The summed E-state index contributed by atoms with van der Waals surface area (Å²) in [4.78, 5) is 10.4. The third-order valence-electron chi connectivity index (χ3n) is 1.98. The van der Waals surface area contributed by atoms with E-state index >= 15 is 0 Å². The van der Waals surface area contributed by atoms with Crippen molar-refractivity contribution >= 4 is 11.5 Å². The molecule has 0 atom stereocenters. The van der Waals surface area contributed by atoms with Gasteiger partial charge in [0.05, 0.1) is 5.56 Å². The molecule has 1 aromatic rings. The SMILES string of the molecule is O=C(C=CNc1ccc(C(F)(F)F)cc1)C(F)(F)F. The monoisotopic (exact) mass is 283 g/mol. The highest BCUT2D eigenvalue weighted by atomic mass is 19.4. The third kappa shape index (κ3) is 4.65. The summed E-state index contributed by atoms with van der Waals surface area (Å²) in [6, 6.07) is 3.60. The number of halogens is 6. The summed E-state index contributed by atoms with van der Waals surface area (Å²) in [6.07, 6.45) is -8.50. The Hall–Kier alpha value is -1.99. The molecule has 19 heavy (non-hydrogen) atoms. The lowest BCUT2D eigenvalue weighted by molar-refractivity contribution is -0.165. The second kappa shape index (κ2) is 5.33. The highest BCUT2D eigenvalue weighted by Crippen LogP contribution is 2.29. The molecule has 1 rings (SSSR count). The van der Waals surface area contributed by atoms with E-state index < -0.39 is 23.7 Å². The maximum atomic E-state index is 12.2. The molecule has 0 saturated heterocycles. The number of hydrogen-bond acceptors (Lipinski definition) is 2. The van der Waals surface area contributed by atoms with Gasteiger partial charge in [0.25, 0.3) is 5.78 Å². The van der Waals surface area contributed by atoms with E-state index in [0.717, 1.165) is 24.3 Å². The summed E-state index contributed by atoms with van der Waals surface area (Å²) in [5.41, 5.74) is -0.757. The zero-order chi connectivity index (χ0) is 14.7. The van der Waals surface area contributed by atoms with Crippen LogP contribution in [0.15, 0.2) is 36.5 Å². The number of carbonyl (C=O) groups excluding carboxylic acids is 1. The van der Waals surface area contributed by atoms with E-state index in [9.17, 15) is 31.1 Å². The van der Waals surface area contributed by atoms with Crippen LogP contribution in [0.25, 0.3) is 0 Å². The summed E-state index contributed by atoms with van der Waals surface area (Å²) in [5, 5.41) is 2.26. The van der Waals surface area contributed by atoms with Gasteiger partial charge in [-0.1, -0.05) is 0 Å². The minimum absolute atomic E-state index is 0.124. The molecule has 0 heterocycles. The van der Waals surface area contributed by atoms with E-state index in [1.165, 1.54) is 0 Å². The van der Waals surface area contributed by atoms with Crippen molar-refractivity contribution < 1.29 is 31.1 Å². The van der Waals surface area contributed by atoms with Crippen molar-refractivity contribution in [1.82, 2.24) is 0 Å². The first-order valence-corrected chi connectivity index (χ1v) is 4.82. The summed E-state index contributed by atoms with van der Waals surface area (Å²) >= 11 is 0. The van der Waals surface area contributed by atoms with Gasteiger partial charge in [-0.3, -0.25) is 4.79 Å². The molecule has 0 bridgehead atoms. The predicted octanol–water partition coefficient (Wildman–Crippen LogP) is 3.76. The van der Waals surface area contributed by atoms with Gasteiger partial charge in [0.2, 0.25) is 0 Å². The molecule has 0 spiro atoms. The first-order valence-electron chi connectivity index (χ1n) is 4.82. The fraction of sp³-hybridized carbons (Fsp3) is 0.182. The summed E-state index contributed by atoms with van der Waals surface area (Å²) in [7, 11) is 0. The Balaban J connectivity index is 2.65. The Bertz CT molecular complexity index is 471. The van der Waals surface area contributed by atoms with E-state index in [1.54, 1.807) is 0 Å². The highest BCUT2D eigenvalue weighted by molar-refractivity contribution is 5.94. The standard InChI is InChI=1S/C11H7F6NO/c12-10(13,14)7-1-3-8(4-2-7)18-6-5-9(19)11(15,16)17/h1-6,18H. The van der Waals surface area contributed by atoms with Gasteiger partial charge < -0.3 is 5.32 Å². The largest absolute Gasteiger partial charge is 0.454 e. The topological polar surface area (TPSA) is 29.1 Å². The van der Waals surface area contributed by atoms with Crippen LogP contribution in [-0.2, 0) is 11.0 Å². The molecule has 0 aliphatic rings. The number of ketones is 1. The molecule has 0 aliphatic carbocycles. The fourth-order valence-electron chi connectivity index (χ4n) is 1.06. The molecular formula is C11H7F6NO. The lowest BCUT2D eigenvalue weighted by Crippen LogP contribution is -2.20. The van der Waals surface area contributed by atoms with E-state index in [1.807, 2.05) is 0 Å². The molecule has 104 valence electrons. The van der Waals surface area contributed by atoms with Crippen molar-refractivity contribution in [1.29, 1.82) is 0 Å². The van der Waals surface area contributed by atoms with Crippen LogP contribution in [0.4, 0.5) is 32.0 Å². The highest BCUT2D eigenvalue weighted by Gasteiger charge is 2.36. The molecule has 0 fully saturated rings. The Morgan fingerprint density at radius 1 is 1.00 bits per heavy atom. The average Bonchev–Trinajstić information content (AvgIpc) is 2.27. The number of hydrogen-bond donors (Lipinski definition) is 1. The minimum Gasteiger partial charge on any atom is -0.362 e. The molecule has 8 heteroatoms. The van der Waals surface area contributed by atoms with Gasteiger partial charge >= 0.3 is 12.4 Å². The smallest absolute Gasteiger partial charge is 0.362 e. The van der Waals surface area contributed by atoms with Gasteiger partial charge in [-0.2, -0.15) is 26.3 Å². The number of benzene rings is 1. The lowest BCUT2D eigenvalue weighted by atomic mass is 10.2. The van der Waals surface area contributed by atoms with Crippen LogP contribution in [0.3, 0.4) is 0 Å². The van der Waals surface area contributed by atoms with Gasteiger partial charge in [-0.05, 0) is 24.3 Å². The number of anilines is 1. The first kappa shape index (κ1) is 15.1. The van der Waals surface area contributed by atoms with Crippen LogP contribution < -0.4 is 5.32 Å². The maximum absolute atomic E-state index is 12.2. The molecule has 0 unspecified atom stereocenters. The number of rotatable bonds is 3. The van der Waals surface area contributed by atoms with Crippen molar-refractivity contribution in [3.63, 3.8) is 0 Å². The molecule has 1 aromatic carbocycles. The fourth-order valence-corrected chi connectivity index (χ4v) is 1.06. The Morgan fingerprint density at radius 2 is 1.53 bits per heavy atom. The van der Waals surface area contributed by atoms with Gasteiger partial charge in [0, 0.05) is 18.0 Å². The molecular weight excluding hydrogens is 276 g/mol. The van der Waals surface area contributed by atoms with E-state index in [-0.39, 0.29) is 11.8 Å². The quantitative estimate of drug-likeness (QED) is 0.676. The Labute approximate surface area is 103 Å².